The minimum atomic E-state index is -1.62. The molecule has 1 aliphatic heterocycles. The third kappa shape index (κ3) is 2.70. The maximum Gasteiger partial charge on any atom is 1.00 e. The summed E-state index contributed by atoms with van der Waals surface area (Å²) in [7, 11) is 0. The predicted molar refractivity (Wildman–Crippen MR) is 53.3 cm³/mol. The zero-order chi connectivity index (χ0) is 12.3. The number of hydrogen-bond donors (Lipinski definition) is 1. The molecule has 0 radical (unpaired) electrons. The van der Waals surface area contributed by atoms with Crippen LogP contribution < -0.4 is 10.4 Å². The van der Waals surface area contributed by atoms with Gasteiger partial charge in [-0.1, -0.05) is 26.7 Å². The molecule has 1 N–H and O–H groups in total. The molecular formula is C10H15AgN2O4. The molecule has 17 heavy (non-hydrogen) atoms. The summed E-state index contributed by atoms with van der Waals surface area (Å²) in [4.78, 5) is 34.6. The molecule has 0 aromatic heterocycles. The molecule has 0 spiro atoms. The summed E-state index contributed by atoms with van der Waals surface area (Å²) in [5, 5.41) is 13.0. The molecule has 0 unspecified atom stereocenters. The molecule has 0 saturated carbocycles. The number of urea groups is 1. The number of carbonyl (C=O) groups is 3. The topological polar surface area (TPSA) is 89.5 Å². The number of carbonyl (C=O) groups excluding carboxylic acids is 3. The van der Waals surface area contributed by atoms with Gasteiger partial charge >= 0.3 is 28.4 Å². The van der Waals surface area contributed by atoms with Gasteiger partial charge in [0, 0.05) is 0 Å². The normalized spacial score (nSPS) is 17.6. The number of nitrogens with zero attached hydrogens (tertiary/aromatic N) is 1. The molecule has 100 valence electrons. The van der Waals surface area contributed by atoms with Crippen LogP contribution in [0.3, 0.4) is 0 Å². The van der Waals surface area contributed by atoms with Crippen molar-refractivity contribution in [3.8, 4) is 0 Å². The second-order valence-corrected chi connectivity index (χ2v) is 3.89. The summed E-state index contributed by atoms with van der Waals surface area (Å²) >= 11 is 0. The molecule has 1 rings (SSSR count). The Morgan fingerprint density at radius 3 is 2.12 bits per heavy atom. The van der Waals surface area contributed by atoms with Crippen molar-refractivity contribution in [1.82, 2.24) is 10.2 Å². The average molecular weight is 335 g/mol. The van der Waals surface area contributed by atoms with Crippen LogP contribution in [0.5, 0.6) is 0 Å². The van der Waals surface area contributed by atoms with Crippen LogP contribution in [0.2, 0.25) is 0 Å². The van der Waals surface area contributed by atoms with E-state index in [4.69, 9.17) is 0 Å². The molecule has 0 aliphatic carbocycles. The van der Waals surface area contributed by atoms with Crippen molar-refractivity contribution in [2.45, 2.75) is 45.1 Å². The van der Waals surface area contributed by atoms with Crippen LogP contribution >= 0.6 is 0 Å². The summed E-state index contributed by atoms with van der Waals surface area (Å²) < 4.78 is 0. The molecule has 7 heteroatoms. The third-order valence-electron chi connectivity index (χ3n) is 2.78. The number of rotatable bonds is 4. The van der Waals surface area contributed by atoms with E-state index in [1.54, 1.807) is 0 Å². The van der Waals surface area contributed by atoms with Crippen LogP contribution in [0, 0.1) is 0 Å². The maximum atomic E-state index is 11.7. The van der Waals surface area contributed by atoms with E-state index >= 15 is 0 Å². The van der Waals surface area contributed by atoms with E-state index in [9.17, 15) is 19.5 Å². The first-order valence-electron chi connectivity index (χ1n) is 5.36. The van der Waals surface area contributed by atoms with Gasteiger partial charge < -0.3 is 9.90 Å². The molecule has 0 aromatic rings. The van der Waals surface area contributed by atoms with Gasteiger partial charge in [-0.3, -0.25) is 15.0 Å². The summed E-state index contributed by atoms with van der Waals surface area (Å²) in [5.74, 6) is -0.537. The van der Waals surface area contributed by atoms with E-state index < -0.39 is 23.6 Å². The van der Waals surface area contributed by atoms with Gasteiger partial charge in [0.25, 0.3) is 5.91 Å². The zero-order valence-electron chi connectivity index (χ0n) is 9.71. The van der Waals surface area contributed by atoms with Gasteiger partial charge in [-0.25, -0.2) is 4.79 Å². The fourth-order valence-corrected chi connectivity index (χ4v) is 2.23. The van der Waals surface area contributed by atoms with Crippen LogP contribution in [-0.2, 0) is 27.2 Å². The zero-order valence-corrected chi connectivity index (χ0v) is 11.2. The Bertz CT molecular complexity index is 326. The monoisotopic (exact) mass is 334 g/mol. The standard InChI is InChI=1S/C10H16N2O4.Ag/c1-3-5-10(6-4-2)7(13)11-8(14)12(10)9(15)16;/h3-6H2,1-2H3,(H,15,16)(H,11,13,14);/q;+1/p-1. The molecular weight excluding hydrogens is 320 g/mol. The Balaban J connectivity index is 0.00000256. The van der Waals surface area contributed by atoms with Crippen molar-refractivity contribution < 1.29 is 41.9 Å². The minimum absolute atomic E-state index is 0. The molecule has 0 atom stereocenters. The maximum absolute atomic E-state index is 11.7. The Morgan fingerprint density at radius 1 is 1.29 bits per heavy atom. The fourth-order valence-electron chi connectivity index (χ4n) is 2.23. The summed E-state index contributed by atoms with van der Waals surface area (Å²) in [6.45, 7) is 3.67. The fraction of sp³-hybridized carbons (Fsp3) is 0.700. The Hall–Kier alpha value is -0.850. The SMILES string of the molecule is CCCC1(CCC)C(=O)NC(=O)N1C(=O)[O-].[Ag+]. The number of nitrogens with one attached hydrogen (secondary N) is 1. The molecule has 4 amide bonds. The van der Waals surface area contributed by atoms with Crippen molar-refractivity contribution in [3.63, 3.8) is 0 Å². The first-order chi connectivity index (χ1) is 7.49. The molecule has 0 aromatic carbocycles. The smallest absolute Gasteiger partial charge is 0.529 e. The van der Waals surface area contributed by atoms with Crippen molar-refractivity contribution in [1.29, 1.82) is 0 Å². The number of hydrogen-bond acceptors (Lipinski definition) is 4. The molecule has 1 heterocycles. The second-order valence-electron chi connectivity index (χ2n) is 3.89. The van der Waals surface area contributed by atoms with Crippen molar-refractivity contribution in [3.05, 3.63) is 0 Å². The first-order valence-corrected chi connectivity index (χ1v) is 5.36. The average Bonchev–Trinajstić information content (AvgIpc) is 2.39. The Kier molecular flexibility index (Phi) is 5.87. The van der Waals surface area contributed by atoms with E-state index in [1.807, 2.05) is 19.2 Å². The van der Waals surface area contributed by atoms with Gasteiger partial charge in [0.05, 0.1) is 0 Å². The number of carboxylic acid groups (broad SMARTS) is 1. The van der Waals surface area contributed by atoms with Gasteiger partial charge in [0.1, 0.15) is 11.6 Å². The van der Waals surface area contributed by atoms with Gasteiger partial charge in [-0.05, 0) is 12.8 Å². The van der Waals surface area contributed by atoms with E-state index in [0.29, 0.717) is 30.6 Å². The largest absolute Gasteiger partial charge is 1.00 e. The van der Waals surface area contributed by atoms with E-state index in [1.165, 1.54) is 0 Å². The van der Waals surface area contributed by atoms with E-state index in [2.05, 4.69) is 0 Å². The van der Waals surface area contributed by atoms with Gasteiger partial charge in [0.2, 0.25) is 0 Å². The summed E-state index contributed by atoms with van der Waals surface area (Å²) in [6.07, 6.45) is 0.263. The number of imide groups is 2. The molecule has 1 fully saturated rings. The van der Waals surface area contributed by atoms with Gasteiger partial charge in [0.15, 0.2) is 0 Å². The van der Waals surface area contributed by atoms with Crippen LogP contribution in [-0.4, -0.2) is 28.5 Å². The van der Waals surface area contributed by atoms with Gasteiger partial charge in [-0.15, -0.1) is 0 Å². The molecule has 1 saturated heterocycles. The quantitative estimate of drug-likeness (QED) is 0.588. The van der Waals surface area contributed by atoms with Crippen molar-refractivity contribution in [2.24, 2.45) is 0 Å². The van der Waals surface area contributed by atoms with Crippen LogP contribution in [0.1, 0.15) is 39.5 Å². The Morgan fingerprint density at radius 2 is 1.76 bits per heavy atom. The molecule has 0 bridgehead atoms. The van der Waals surface area contributed by atoms with E-state index in [-0.39, 0.29) is 22.4 Å². The predicted octanol–water partition coefficient (Wildman–Crippen LogP) is 0.218. The third-order valence-corrected chi connectivity index (χ3v) is 2.78. The Labute approximate surface area is 115 Å². The van der Waals surface area contributed by atoms with Gasteiger partial charge in [-0.2, -0.15) is 0 Å². The van der Waals surface area contributed by atoms with Crippen LogP contribution in [0.15, 0.2) is 0 Å². The molecule has 1 aliphatic rings. The van der Waals surface area contributed by atoms with Crippen molar-refractivity contribution in [2.75, 3.05) is 0 Å². The number of amides is 4. The summed E-state index contributed by atoms with van der Waals surface area (Å²) in [6, 6.07) is -0.896. The van der Waals surface area contributed by atoms with Crippen molar-refractivity contribution >= 4 is 18.0 Å². The summed E-state index contributed by atoms with van der Waals surface area (Å²) in [5.41, 5.74) is -1.26. The minimum Gasteiger partial charge on any atom is -0.529 e. The van der Waals surface area contributed by atoms with Crippen LogP contribution in [0.25, 0.3) is 0 Å². The van der Waals surface area contributed by atoms with E-state index in [0.717, 1.165) is 0 Å². The second kappa shape index (κ2) is 6.18. The first kappa shape index (κ1) is 16.2. The molecule has 6 nitrogen and oxygen atoms in total. The van der Waals surface area contributed by atoms with Crippen LogP contribution in [0.4, 0.5) is 9.59 Å².